The van der Waals surface area contributed by atoms with Crippen molar-refractivity contribution in [2.45, 2.75) is 32.9 Å². The number of hydrogen-bond acceptors (Lipinski definition) is 2. The Hall–Kier alpha value is -1.79. The van der Waals surface area contributed by atoms with Crippen LogP contribution < -0.4 is 0 Å². The average Bonchev–Trinajstić information content (AvgIpc) is 3.01. The minimum atomic E-state index is 0.391. The molecule has 0 amide bonds. The van der Waals surface area contributed by atoms with Gasteiger partial charge in [0, 0.05) is 12.2 Å². The third-order valence-corrected chi connectivity index (χ3v) is 5.75. The molecule has 0 radical (unpaired) electrons. The van der Waals surface area contributed by atoms with Crippen molar-refractivity contribution >= 4 is 14.6 Å². The minimum Gasteiger partial charge on any atom is -0.333 e. The monoisotopic (exact) mass is 310 g/mol. The maximum atomic E-state index is 2.49. The van der Waals surface area contributed by atoms with Crippen LogP contribution >= 0.6 is 8.88 Å². The lowest BCUT2D eigenvalue weighted by molar-refractivity contribution is 0.470. The zero-order chi connectivity index (χ0) is 15.5. The maximum Gasteiger partial charge on any atom is 0.0803 e. The predicted molar refractivity (Wildman–Crippen MR) is 96.4 cm³/mol. The Morgan fingerprint density at radius 3 is 2.00 bits per heavy atom. The lowest BCUT2D eigenvalue weighted by Crippen LogP contribution is -2.20. The van der Waals surface area contributed by atoms with E-state index < -0.39 is 0 Å². The largest absolute Gasteiger partial charge is 0.333 e. The molecule has 1 heterocycles. The van der Waals surface area contributed by atoms with Gasteiger partial charge in [0.15, 0.2) is 0 Å². The van der Waals surface area contributed by atoms with E-state index in [4.69, 9.17) is 0 Å². The Balaban J connectivity index is 1.90. The van der Waals surface area contributed by atoms with Crippen LogP contribution in [0, 0.1) is 0 Å². The first-order valence-corrected chi connectivity index (χ1v) is 8.72. The molecule has 2 aromatic carbocycles. The molecule has 0 bridgehead atoms. The van der Waals surface area contributed by atoms with Gasteiger partial charge in [-0.05, 0) is 31.9 Å². The van der Waals surface area contributed by atoms with E-state index in [9.17, 15) is 0 Å². The highest BCUT2D eigenvalue weighted by Gasteiger charge is 2.27. The standard InChI is InChI=1S/C19H23N2P/c1-15(2)21-19(18-12-8-5-9-13-18)14-20(22-21)16(3)17-10-6-4-7-11-17/h4-16,22H,1-3H3/t16-/m0/s1. The van der Waals surface area contributed by atoms with Crippen molar-refractivity contribution in [1.29, 1.82) is 0 Å². The summed E-state index contributed by atoms with van der Waals surface area (Å²) in [7, 11) is 0.657. The first-order valence-electron chi connectivity index (χ1n) is 7.83. The second kappa shape index (κ2) is 6.54. The van der Waals surface area contributed by atoms with E-state index in [0.29, 0.717) is 21.0 Å². The number of rotatable bonds is 4. The molecule has 2 aromatic rings. The molecule has 0 saturated carbocycles. The molecule has 0 N–H and O–H groups in total. The molecule has 0 aromatic heterocycles. The highest BCUT2D eigenvalue weighted by Crippen LogP contribution is 2.46. The van der Waals surface area contributed by atoms with E-state index in [0.717, 1.165) is 0 Å². The number of hydrogen-bond donors (Lipinski definition) is 0. The van der Waals surface area contributed by atoms with Crippen LogP contribution in [0.5, 0.6) is 0 Å². The van der Waals surface area contributed by atoms with E-state index in [1.807, 2.05) is 0 Å². The smallest absolute Gasteiger partial charge is 0.0803 e. The minimum absolute atomic E-state index is 0.391. The first-order chi connectivity index (χ1) is 10.7. The van der Waals surface area contributed by atoms with E-state index in [-0.39, 0.29) is 0 Å². The van der Waals surface area contributed by atoms with Crippen LogP contribution in [0.2, 0.25) is 0 Å². The molecular weight excluding hydrogens is 287 g/mol. The van der Waals surface area contributed by atoms with Crippen molar-refractivity contribution in [2.24, 2.45) is 0 Å². The summed E-state index contributed by atoms with van der Waals surface area (Å²) in [5, 5.41) is 0. The number of benzene rings is 2. The summed E-state index contributed by atoms with van der Waals surface area (Å²) in [5.74, 6) is 0. The van der Waals surface area contributed by atoms with Gasteiger partial charge in [0.05, 0.1) is 20.6 Å². The predicted octanol–water partition coefficient (Wildman–Crippen LogP) is 5.28. The van der Waals surface area contributed by atoms with E-state index in [2.05, 4.69) is 97.0 Å². The summed E-state index contributed by atoms with van der Waals surface area (Å²) in [4.78, 5) is 0. The molecule has 1 unspecified atom stereocenters. The molecule has 1 aliphatic rings. The zero-order valence-electron chi connectivity index (χ0n) is 13.4. The summed E-state index contributed by atoms with van der Waals surface area (Å²) in [5.41, 5.74) is 3.99. The molecule has 2 atom stereocenters. The maximum absolute atomic E-state index is 2.49. The molecule has 3 rings (SSSR count). The van der Waals surface area contributed by atoms with Gasteiger partial charge in [-0.2, -0.15) is 0 Å². The summed E-state index contributed by atoms with van der Waals surface area (Å²) >= 11 is 0. The van der Waals surface area contributed by atoms with Crippen LogP contribution in [-0.2, 0) is 0 Å². The van der Waals surface area contributed by atoms with Crippen LogP contribution in [0.3, 0.4) is 0 Å². The molecule has 0 saturated heterocycles. The Kier molecular flexibility index (Phi) is 4.49. The molecule has 0 aliphatic carbocycles. The lowest BCUT2D eigenvalue weighted by Gasteiger charge is -2.30. The van der Waals surface area contributed by atoms with Gasteiger partial charge in [-0.25, -0.2) is 0 Å². The fraction of sp³-hybridized carbons (Fsp3) is 0.263. The van der Waals surface area contributed by atoms with Crippen molar-refractivity contribution in [2.75, 3.05) is 0 Å². The highest BCUT2D eigenvalue weighted by atomic mass is 31.1. The van der Waals surface area contributed by atoms with Crippen LogP contribution in [0.1, 0.15) is 37.9 Å². The Morgan fingerprint density at radius 1 is 0.818 bits per heavy atom. The van der Waals surface area contributed by atoms with E-state index >= 15 is 0 Å². The normalized spacial score (nSPS) is 17.2. The molecule has 0 fully saturated rings. The molecule has 3 heteroatoms. The SMILES string of the molecule is CC(C)N1PN([C@@H](C)c2ccccc2)C=C1c1ccccc1. The molecule has 2 nitrogen and oxygen atoms in total. The van der Waals surface area contributed by atoms with Crippen LogP contribution in [-0.4, -0.2) is 15.4 Å². The fourth-order valence-corrected chi connectivity index (χ4v) is 3.98. The molecular formula is C19H23N2P. The molecule has 0 spiro atoms. The summed E-state index contributed by atoms with van der Waals surface area (Å²) in [6.45, 7) is 6.81. The summed E-state index contributed by atoms with van der Waals surface area (Å²) in [6.07, 6.45) is 2.32. The van der Waals surface area contributed by atoms with Gasteiger partial charge < -0.3 is 9.34 Å². The molecule has 114 valence electrons. The van der Waals surface area contributed by atoms with Gasteiger partial charge in [-0.15, -0.1) is 0 Å². The van der Waals surface area contributed by atoms with Crippen molar-refractivity contribution in [3.8, 4) is 0 Å². The fourth-order valence-electron chi connectivity index (χ4n) is 2.71. The van der Waals surface area contributed by atoms with Crippen LogP contribution in [0.15, 0.2) is 66.9 Å². The third kappa shape index (κ3) is 3.03. The van der Waals surface area contributed by atoms with Crippen LogP contribution in [0.4, 0.5) is 0 Å². The van der Waals surface area contributed by atoms with Crippen LogP contribution in [0.25, 0.3) is 5.70 Å². The van der Waals surface area contributed by atoms with E-state index in [1.165, 1.54) is 16.8 Å². The Labute approximate surface area is 135 Å². The van der Waals surface area contributed by atoms with Gasteiger partial charge >= 0.3 is 0 Å². The second-order valence-corrected chi connectivity index (χ2v) is 7.14. The van der Waals surface area contributed by atoms with Crippen molar-refractivity contribution in [1.82, 2.24) is 9.34 Å². The zero-order valence-corrected chi connectivity index (χ0v) is 14.4. The van der Waals surface area contributed by atoms with Crippen molar-refractivity contribution in [3.05, 3.63) is 78.0 Å². The third-order valence-electron chi connectivity index (χ3n) is 4.03. The quantitative estimate of drug-likeness (QED) is 0.709. The number of nitrogens with zero attached hydrogens (tertiary/aromatic N) is 2. The van der Waals surface area contributed by atoms with Gasteiger partial charge in [0.2, 0.25) is 0 Å². The first kappa shape index (κ1) is 15.1. The van der Waals surface area contributed by atoms with Gasteiger partial charge in [0.1, 0.15) is 0 Å². The Morgan fingerprint density at radius 2 is 1.41 bits per heavy atom. The molecule has 1 aliphatic heterocycles. The highest BCUT2D eigenvalue weighted by molar-refractivity contribution is 7.33. The average molecular weight is 310 g/mol. The summed E-state index contributed by atoms with van der Waals surface area (Å²) in [6, 6.07) is 22.3. The lowest BCUT2D eigenvalue weighted by atomic mass is 10.1. The van der Waals surface area contributed by atoms with Gasteiger partial charge in [0.25, 0.3) is 0 Å². The van der Waals surface area contributed by atoms with Gasteiger partial charge in [-0.3, -0.25) is 0 Å². The van der Waals surface area contributed by atoms with Crippen molar-refractivity contribution < 1.29 is 0 Å². The summed E-state index contributed by atoms with van der Waals surface area (Å²) < 4.78 is 4.95. The topological polar surface area (TPSA) is 6.48 Å². The van der Waals surface area contributed by atoms with Gasteiger partial charge in [-0.1, -0.05) is 60.7 Å². The van der Waals surface area contributed by atoms with Crippen molar-refractivity contribution in [3.63, 3.8) is 0 Å². The Bertz CT molecular complexity index is 637. The second-order valence-electron chi connectivity index (χ2n) is 5.94. The van der Waals surface area contributed by atoms with E-state index in [1.54, 1.807) is 0 Å². The molecule has 22 heavy (non-hydrogen) atoms.